The fourth-order valence-corrected chi connectivity index (χ4v) is 7.99. The van der Waals surface area contributed by atoms with Crippen LogP contribution in [0, 0.1) is 46.3 Å². The Morgan fingerprint density at radius 2 is 1.43 bits per heavy atom. The van der Waals surface area contributed by atoms with Crippen LogP contribution in [0.3, 0.4) is 0 Å². The molecule has 1 nitrogen and oxygen atoms in total. The lowest BCUT2D eigenvalue weighted by Crippen LogP contribution is -2.43. The van der Waals surface area contributed by atoms with Gasteiger partial charge in [0.2, 0.25) is 0 Å². The first kappa shape index (κ1) is 38.8. The van der Waals surface area contributed by atoms with Crippen LogP contribution in [0.5, 0.6) is 0 Å². The maximum Gasteiger partial charge on any atom is 0.0456 e. The normalized spacial score (nSPS) is 35.1. The predicted octanol–water partition coefficient (Wildman–Crippen LogP) is 12.1. The lowest BCUT2D eigenvalue weighted by molar-refractivity contribution is 0.00392. The van der Waals surface area contributed by atoms with Crippen LogP contribution < -0.4 is 0 Å². The van der Waals surface area contributed by atoms with Crippen molar-refractivity contribution in [2.75, 3.05) is 6.61 Å². The third-order valence-corrected chi connectivity index (χ3v) is 10.3. The summed E-state index contributed by atoms with van der Waals surface area (Å²) >= 11 is 0. The van der Waals surface area contributed by atoms with E-state index in [2.05, 4.69) is 47.6 Å². The Labute approximate surface area is 237 Å². The summed E-state index contributed by atoms with van der Waals surface area (Å²) in [6.45, 7) is 31.1. The molecule has 0 amide bonds. The Morgan fingerprint density at radius 1 is 0.838 bits per heavy atom. The van der Waals surface area contributed by atoms with Gasteiger partial charge in [-0.05, 0) is 111 Å². The van der Waals surface area contributed by atoms with Crippen molar-refractivity contribution in [1.82, 2.24) is 0 Å². The van der Waals surface area contributed by atoms with Gasteiger partial charge in [-0.15, -0.1) is 0 Å². The molecule has 0 spiro atoms. The topological polar surface area (TPSA) is 20.2 Å². The van der Waals surface area contributed by atoms with E-state index in [-0.39, 0.29) is 0 Å². The summed E-state index contributed by atoms with van der Waals surface area (Å²) in [7, 11) is 0. The standard InChI is InChI=1S/C28H50O.4C2H6/c1-7-23-17-20(2)13-15-27(23,5)25-14-16-28(6)24(18-25)11-12-26(28)22(4)10-8-9-21(3)19-29;4*1-2/h7,20-22,24-26,29H,8-19H2,1-6H3;4*1-2H3/b23-7-;;;;/t20?,21-,22?,24?,25?,26?,27?,28?;;;;/m1..../s1. The molecular weight excluding hydrogens is 448 g/mol. The molecule has 8 atom stereocenters. The number of allylic oxidation sites excluding steroid dienone is 2. The second-order valence-electron chi connectivity index (χ2n) is 12.1. The van der Waals surface area contributed by atoms with Gasteiger partial charge in [-0.1, -0.05) is 114 Å². The molecule has 0 aromatic carbocycles. The highest BCUT2D eigenvalue weighted by Gasteiger charge is 2.53. The van der Waals surface area contributed by atoms with E-state index in [0.717, 1.165) is 29.6 Å². The van der Waals surface area contributed by atoms with E-state index in [1.807, 2.05) is 55.4 Å². The molecule has 3 saturated carbocycles. The molecule has 0 bridgehead atoms. The fraction of sp³-hybridized carbons (Fsp3) is 0.944. The Kier molecular flexibility index (Phi) is 21.6. The Balaban J connectivity index is 0. The summed E-state index contributed by atoms with van der Waals surface area (Å²) in [6, 6.07) is 0. The largest absolute Gasteiger partial charge is 0.396 e. The molecule has 0 aromatic heterocycles. The van der Waals surface area contributed by atoms with Gasteiger partial charge in [-0.3, -0.25) is 0 Å². The SMILES string of the molecule is C/C=C1/CC(C)CCC1(C)C1CCC2(C)C(CCC2C(C)CCC[C@@H](C)CO)C1.CC.CC.CC.CC. The van der Waals surface area contributed by atoms with Crippen molar-refractivity contribution in [2.24, 2.45) is 46.3 Å². The zero-order valence-electron chi connectivity index (χ0n) is 28.5. The van der Waals surface area contributed by atoms with E-state index in [0.29, 0.717) is 23.4 Å². The van der Waals surface area contributed by atoms with E-state index >= 15 is 0 Å². The number of hydrogen-bond acceptors (Lipinski definition) is 1. The summed E-state index contributed by atoms with van der Waals surface area (Å²) in [5.41, 5.74) is 2.85. The van der Waals surface area contributed by atoms with E-state index in [1.54, 1.807) is 5.57 Å². The molecule has 0 radical (unpaired) electrons. The van der Waals surface area contributed by atoms with Crippen molar-refractivity contribution in [2.45, 2.75) is 168 Å². The highest BCUT2D eigenvalue weighted by molar-refractivity contribution is 5.19. The summed E-state index contributed by atoms with van der Waals surface area (Å²) < 4.78 is 0. The van der Waals surface area contributed by atoms with Gasteiger partial charge in [0.1, 0.15) is 0 Å². The zero-order valence-corrected chi connectivity index (χ0v) is 28.5. The van der Waals surface area contributed by atoms with Crippen LogP contribution in [0.1, 0.15) is 168 Å². The summed E-state index contributed by atoms with van der Waals surface area (Å²) in [6.07, 6.45) is 17.9. The third kappa shape index (κ3) is 10.3. The van der Waals surface area contributed by atoms with E-state index in [9.17, 15) is 5.11 Å². The molecule has 1 N–H and O–H groups in total. The fourth-order valence-electron chi connectivity index (χ4n) is 7.99. The van der Waals surface area contributed by atoms with Crippen molar-refractivity contribution in [1.29, 1.82) is 0 Å². The number of aliphatic hydroxyl groups is 1. The predicted molar refractivity (Wildman–Crippen MR) is 171 cm³/mol. The van der Waals surface area contributed by atoms with Crippen molar-refractivity contribution in [3.05, 3.63) is 11.6 Å². The molecule has 3 rings (SSSR count). The molecule has 0 aromatic rings. The highest BCUT2D eigenvalue weighted by atomic mass is 16.3. The Morgan fingerprint density at radius 3 is 1.97 bits per heavy atom. The van der Waals surface area contributed by atoms with Crippen LogP contribution in [0.25, 0.3) is 0 Å². The molecule has 0 heterocycles. The second-order valence-corrected chi connectivity index (χ2v) is 12.1. The van der Waals surface area contributed by atoms with Crippen LogP contribution in [0.4, 0.5) is 0 Å². The number of hydrogen-bond donors (Lipinski definition) is 1. The second kappa shape index (κ2) is 20.6. The Hall–Kier alpha value is -0.300. The van der Waals surface area contributed by atoms with Gasteiger partial charge in [0.05, 0.1) is 0 Å². The smallest absolute Gasteiger partial charge is 0.0456 e. The van der Waals surface area contributed by atoms with Crippen molar-refractivity contribution in [3.8, 4) is 0 Å². The van der Waals surface area contributed by atoms with Gasteiger partial charge >= 0.3 is 0 Å². The van der Waals surface area contributed by atoms with Crippen LogP contribution in [-0.4, -0.2) is 11.7 Å². The molecule has 3 fully saturated rings. The van der Waals surface area contributed by atoms with Crippen molar-refractivity contribution in [3.63, 3.8) is 0 Å². The van der Waals surface area contributed by atoms with Gasteiger partial charge in [0.25, 0.3) is 0 Å². The van der Waals surface area contributed by atoms with Crippen molar-refractivity contribution < 1.29 is 5.11 Å². The average molecular weight is 523 g/mol. The van der Waals surface area contributed by atoms with E-state index in [1.165, 1.54) is 70.6 Å². The molecule has 224 valence electrons. The molecule has 0 saturated heterocycles. The first-order chi connectivity index (χ1) is 17.7. The van der Waals surface area contributed by atoms with Crippen LogP contribution in [0.2, 0.25) is 0 Å². The minimum absolute atomic E-state index is 0.352. The maximum atomic E-state index is 9.31. The average Bonchev–Trinajstić information content (AvgIpc) is 3.30. The maximum absolute atomic E-state index is 9.31. The summed E-state index contributed by atoms with van der Waals surface area (Å²) in [5.74, 6) is 5.01. The molecule has 7 unspecified atom stereocenters. The number of rotatable bonds is 7. The molecular formula is C36H74O. The number of fused-ring (bicyclic) bond motifs is 1. The lowest BCUT2D eigenvalue weighted by Gasteiger charge is -2.52. The minimum Gasteiger partial charge on any atom is -0.396 e. The first-order valence-electron chi connectivity index (χ1n) is 17.0. The molecule has 0 aliphatic heterocycles. The monoisotopic (exact) mass is 523 g/mol. The van der Waals surface area contributed by atoms with Crippen molar-refractivity contribution >= 4 is 0 Å². The molecule has 37 heavy (non-hydrogen) atoms. The third-order valence-electron chi connectivity index (χ3n) is 10.3. The van der Waals surface area contributed by atoms with E-state index in [4.69, 9.17) is 0 Å². The lowest BCUT2D eigenvalue weighted by atomic mass is 9.52. The number of aliphatic hydroxyl groups excluding tert-OH is 1. The van der Waals surface area contributed by atoms with Gasteiger partial charge < -0.3 is 5.11 Å². The van der Waals surface area contributed by atoms with Gasteiger partial charge in [0.15, 0.2) is 0 Å². The van der Waals surface area contributed by atoms with Crippen LogP contribution >= 0.6 is 0 Å². The van der Waals surface area contributed by atoms with Gasteiger partial charge in [-0.2, -0.15) is 0 Å². The van der Waals surface area contributed by atoms with Crippen LogP contribution in [0.15, 0.2) is 11.6 Å². The summed E-state index contributed by atoms with van der Waals surface area (Å²) in [5, 5.41) is 9.31. The zero-order chi connectivity index (χ0) is 29.2. The Bertz CT molecular complexity index is 565. The van der Waals surface area contributed by atoms with Gasteiger partial charge in [-0.25, -0.2) is 0 Å². The molecule has 3 aliphatic carbocycles. The highest BCUT2D eigenvalue weighted by Crippen LogP contribution is 2.63. The summed E-state index contributed by atoms with van der Waals surface area (Å²) in [4.78, 5) is 0. The van der Waals surface area contributed by atoms with Crippen LogP contribution in [-0.2, 0) is 0 Å². The molecule has 1 heteroatoms. The minimum atomic E-state index is 0.352. The quantitative estimate of drug-likeness (QED) is 0.329. The van der Waals surface area contributed by atoms with E-state index < -0.39 is 0 Å². The molecule has 3 aliphatic rings. The van der Waals surface area contributed by atoms with Gasteiger partial charge in [0, 0.05) is 6.61 Å². The first-order valence-corrected chi connectivity index (χ1v) is 17.0.